The lowest BCUT2D eigenvalue weighted by Crippen LogP contribution is -2.42. The molecule has 21 heavy (non-hydrogen) atoms. The second-order valence-electron chi connectivity index (χ2n) is 8.69. The molecule has 3 heteroatoms. The number of hydrogen-bond acceptors (Lipinski definition) is 1. The third-order valence-electron chi connectivity index (χ3n) is 5.65. The second-order valence-corrected chi connectivity index (χ2v) is 8.69. The average Bonchev–Trinajstić information content (AvgIpc) is 2.94. The van der Waals surface area contributed by atoms with Crippen LogP contribution in [0.15, 0.2) is 12.3 Å². The number of carbonyl (C=O) groups excluding carboxylic acids is 1. The van der Waals surface area contributed by atoms with Gasteiger partial charge in [0.1, 0.15) is 0 Å². The predicted molar refractivity (Wildman–Crippen MR) is 85.9 cm³/mol. The van der Waals surface area contributed by atoms with Gasteiger partial charge in [0.05, 0.1) is 0 Å². The molecule has 3 aliphatic rings. The molecule has 2 unspecified atom stereocenters. The first-order valence-electron chi connectivity index (χ1n) is 8.61. The van der Waals surface area contributed by atoms with Crippen molar-refractivity contribution < 1.29 is 4.79 Å². The van der Waals surface area contributed by atoms with Gasteiger partial charge in [0.15, 0.2) is 0 Å². The summed E-state index contributed by atoms with van der Waals surface area (Å²) in [6.45, 7) is 7.96. The molecule has 2 aliphatic carbocycles. The van der Waals surface area contributed by atoms with Crippen molar-refractivity contribution >= 4 is 6.03 Å². The zero-order chi connectivity index (χ0) is 15.1. The SMILES string of the molecule is CC1(C)CC2CC(C)(CN2C(=O)N/C=C/C2CCCC2)C1. The molecule has 3 rings (SSSR count). The number of nitrogens with one attached hydrogen (secondary N) is 1. The van der Waals surface area contributed by atoms with E-state index in [0.717, 1.165) is 13.0 Å². The molecule has 1 N–H and O–H groups in total. The largest absolute Gasteiger partial charge is 0.321 e. The van der Waals surface area contributed by atoms with Crippen LogP contribution in [0.4, 0.5) is 4.79 Å². The molecule has 0 aromatic rings. The van der Waals surface area contributed by atoms with E-state index in [1.165, 1.54) is 38.5 Å². The smallest absolute Gasteiger partial charge is 0.321 e. The van der Waals surface area contributed by atoms with E-state index in [2.05, 4.69) is 37.1 Å². The Balaban J connectivity index is 1.58. The molecule has 0 spiro atoms. The van der Waals surface area contributed by atoms with Crippen LogP contribution in [0.25, 0.3) is 0 Å². The van der Waals surface area contributed by atoms with Crippen molar-refractivity contribution in [3.8, 4) is 0 Å². The van der Waals surface area contributed by atoms with Gasteiger partial charge < -0.3 is 10.2 Å². The molecule has 1 heterocycles. The maximum Gasteiger partial charge on any atom is 0.321 e. The summed E-state index contributed by atoms with van der Waals surface area (Å²) in [6, 6.07) is 0.536. The van der Waals surface area contributed by atoms with Crippen molar-refractivity contribution in [2.75, 3.05) is 6.54 Å². The highest BCUT2D eigenvalue weighted by atomic mass is 16.2. The van der Waals surface area contributed by atoms with Crippen LogP contribution in [-0.2, 0) is 0 Å². The summed E-state index contributed by atoms with van der Waals surface area (Å²) in [7, 11) is 0. The van der Waals surface area contributed by atoms with Crippen LogP contribution >= 0.6 is 0 Å². The standard InChI is InChI=1S/C18H30N2O/c1-17(2)10-15-11-18(3,12-17)13-20(15)16(21)19-9-8-14-6-4-5-7-14/h8-9,14-15H,4-7,10-13H2,1-3H3,(H,19,21)/b9-8+. The minimum atomic E-state index is 0.107. The molecule has 1 saturated heterocycles. The molecule has 0 aromatic heterocycles. The topological polar surface area (TPSA) is 32.3 Å². The molecular formula is C18H30N2O. The Morgan fingerprint density at radius 2 is 1.90 bits per heavy atom. The number of rotatable bonds is 2. The van der Waals surface area contributed by atoms with Gasteiger partial charge in [-0.05, 0) is 48.9 Å². The predicted octanol–water partition coefficient (Wildman–Crippen LogP) is 4.30. The van der Waals surface area contributed by atoms with Crippen molar-refractivity contribution in [2.24, 2.45) is 16.7 Å². The molecule has 2 atom stereocenters. The van der Waals surface area contributed by atoms with Gasteiger partial charge in [-0.3, -0.25) is 0 Å². The van der Waals surface area contributed by atoms with Crippen molar-refractivity contribution in [1.29, 1.82) is 0 Å². The van der Waals surface area contributed by atoms with E-state index < -0.39 is 0 Å². The van der Waals surface area contributed by atoms with Crippen LogP contribution in [0.5, 0.6) is 0 Å². The van der Waals surface area contributed by atoms with Gasteiger partial charge in [-0.1, -0.05) is 39.7 Å². The highest BCUT2D eigenvalue weighted by Crippen LogP contribution is 2.52. The van der Waals surface area contributed by atoms with Crippen molar-refractivity contribution in [2.45, 2.75) is 71.8 Å². The Bertz CT molecular complexity index is 436. The van der Waals surface area contributed by atoms with Gasteiger partial charge in [-0.15, -0.1) is 0 Å². The fourth-order valence-corrected chi connectivity index (χ4v) is 5.19. The molecule has 0 radical (unpaired) electrons. The summed E-state index contributed by atoms with van der Waals surface area (Å²) in [5.74, 6) is 0.680. The van der Waals surface area contributed by atoms with E-state index in [0.29, 0.717) is 22.8 Å². The minimum Gasteiger partial charge on any atom is -0.321 e. The summed E-state index contributed by atoms with van der Waals surface area (Å²) in [5.41, 5.74) is 0.686. The molecular weight excluding hydrogens is 260 g/mol. The lowest BCUT2D eigenvalue weighted by atomic mass is 9.65. The number of nitrogens with zero attached hydrogens (tertiary/aromatic N) is 1. The minimum absolute atomic E-state index is 0.107. The van der Waals surface area contributed by atoms with Gasteiger partial charge in [0, 0.05) is 18.8 Å². The van der Waals surface area contributed by atoms with Gasteiger partial charge in [-0.2, -0.15) is 0 Å². The maximum absolute atomic E-state index is 12.5. The Kier molecular flexibility index (Phi) is 3.79. The van der Waals surface area contributed by atoms with Crippen LogP contribution in [0.1, 0.15) is 65.7 Å². The highest BCUT2D eigenvalue weighted by molar-refractivity contribution is 5.76. The fraction of sp³-hybridized carbons (Fsp3) is 0.833. The first-order chi connectivity index (χ1) is 9.87. The number of fused-ring (bicyclic) bond motifs is 2. The Labute approximate surface area is 129 Å². The monoisotopic (exact) mass is 290 g/mol. The van der Waals surface area contributed by atoms with Gasteiger partial charge in [-0.25, -0.2) is 4.79 Å². The Morgan fingerprint density at radius 1 is 1.19 bits per heavy atom. The van der Waals surface area contributed by atoms with Crippen LogP contribution in [-0.4, -0.2) is 23.5 Å². The van der Waals surface area contributed by atoms with Crippen LogP contribution < -0.4 is 5.32 Å². The molecule has 2 saturated carbocycles. The normalized spacial score (nSPS) is 35.6. The Morgan fingerprint density at radius 3 is 2.62 bits per heavy atom. The third kappa shape index (κ3) is 3.27. The van der Waals surface area contributed by atoms with Gasteiger partial charge in [0.2, 0.25) is 0 Å². The lowest BCUT2D eigenvalue weighted by molar-refractivity contribution is 0.129. The third-order valence-corrected chi connectivity index (χ3v) is 5.65. The van der Waals surface area contributed by atoms with E-state index in [9.17, 15) is 4.79 Å². The maximum atomic E-state index is 12.5. The van der Waals surface area contributed by atoms with Crippen LogP contribution in [0.2, 0.25) is 0 Å². The van der Waals surface area contributed by atoms with Crippen molar-refractivity contribution in [3.63, 3.8) is 0 Å². The van der Waals surface area contributed by atoms with E-state index in [1.54, 1.807) is 0 Å². The number of amides is 2. The summed E-state index contributed by atoms with van der Waals surface area (Å²) in [6.07, 6.45) is 12.9. The number of allylic oxidation sites excluding steroid dienone is 1. The molecule has 3 nitrogen and oxygen atoms in total. The molecule has 2 bridgehead atoms. The summed E-state index contributed by atoms with van der Waals surface area (Å²) in [4.78, 5) is 14.6. The van der Waals surface area contributed by atoms with Gasteiger partial charge >= 0.3 is 6.03 Å². The van der Waals surface area contributed by atoms with Crippen LogP contribution in [0, 0.1) is 16.7 Å². The molecule has 2 amide bonds. The zero-order valence-electron chi connectivity index (χ0n) is 13.8. The average molecular weight is 290 g/mol. The van der Waals surface area contributed by atoms with Crippen molar-refractivity contribution in [3.05, 3.63) is 12.3 Å². The summed E-state index contributed by atoms with van der Waals surface area (Å²) >= 11 is 0. The molecule has 118 valence electrons. The zero-order valence-corrected chi connectivity index (χ0v) is 13.8. The molecule has 0 aromatic carbocycles. The number of urea groups is 1. The summed E-state index contributed by atoms with van der Waals surface area (Å²) in [5, 5.41) is 3.02. The van der Waals surface area contributed by atoms with Crippen molar-refractivity contribution in [1.82, 2.24) is 10.2 Å². The molecule has 1 aliphatic heterocycles. The van der Waals surface area contributed by atoms with Crippen LogP contribution in [0.3, 0.4) is 0 Å². The van der Waals surface area contributed by atoms with E-state index >= 15 is 0 Å². The van der Waals surface area contributed by atoms with E-state index in [4.69, 9.17) is 0 Å². The second kappa shape index (κ2) is 5.33. The highest BCUT2D eigenvalue weighted by Gasteiger charge is 2.50. The summed E-state index contributed by atoms with van der Waals surface area (Å²) < 4.78 is 0. The first kappa shape index (κ1) is 14.9. The Hall–Kier alpha value is -0.990. The number of likely N-dealkylation sites (tertiary alicyclic amines) is 1. The molecule has 3 fully saturated rings. The van der Waals surface area contributed by atoms with Gasteiger partial charge in [0.25, 0.3) is 0 Å². The lowest BCUT2D eigenvalue weighted by Gasteiger charge is -2.39. The quantitative estimate of drug-likeness (QED) is 0.808. The van der Waals surface area contributed by atoms with E-state index in [-0.39, 0.29) is 6.03 Å². The van der Waals surface area contributed by atoms with E-state index in [1.807, 2.05) is 6.20 Å². The number of carbonyl (C=O) groups is 1. The number of hydrogen-bond donors (Lipinski definition) is 1. The fourth-order valence-electron chi connectivity index (χ4n) is 5.19. The first-order valence-corrected chi connectivity index (χ1v) is 8.61.